The first-order valence-electron chi connectivity index (χ1n) is 13.4. The van der Waals surface area contributed by atoms with Gasteiger partial charge in [0.15, 0.2) is 0 Å². The Morgan fingerprint density at radius 3 is 2.10 bits per heavy atom. The number of aliphatic hydroxyl groups excluding tert-OH is 1. The third-order valence-corrected chi connectivity index (χ3v) is 6.94. The van der Waals surface area contributed by atoms with E-state index in [1.807, 2.05) is 83.9 Å². The lowest BCUT2D eigenvalue weighted by molar-refractivity contribution is -0.132. The Morgan fingerprint density at radius 1 is 0.950 bits per heavy atom. The average molecular weight is 543 g/mol. The number of rotatable bonds is 7. The summed E-state index contributed by atoms with van der Waals surface area (Å²) in [5.74, 6) is -0.324. The number of carbonyl (C=O) groups is 2. The van der Waals surface area contributed by atoms with E-state index < -0.39 is 17.7 Å². The molecule has 7 heteroatoms. The SMILES string of the molecule is COc1ccc(/C(O)=C2/C(=O)C(=O)N(c3ccc(OC(C)C)cc3)C2c2ccc(N(C)C)cc2)cc1C(C)(C)C. The molecule has 1 saturated heterocycles. The zero-order chi connectivity index (χ0) is 29.4. The Bertz CT molecular complexity index is 1430. The molecule has 7 nitrogen and oxygen atoms in total. The van der Waals surface area contributed by atoms with Gasteiger partial charge in [0.2, 0.25) is 0 Å². The van der Waals surface area contributed by atoms with E-state index in [2.05, 4.69) is 0 Å². The van der Waals surface area contributed by atoms with Gasteiger partial charge in [0.1, 0.15) is 17.3 Å². The third-order valence-electron chi connectivity index (χ3n) is 6.94. The van der Waals surface area contributed by atoms with Gasteiger partial charge in [0.25, 0.3) is 11.7 Å². The van der Waals surface area contributed by atoms with Gasteiger partial charge < -0.3 is 19.5 Å². The summed E-state index contributed by atoms with van der Waals surface area (Å²) in [7, 11) is 5.49. The van der Waals surface area contributed by atoms with Crippen molar-refractivity contribution in [3.05, 3.63) is 89.0 Å². The largest absolute Gasteiger partial charge is 0.507 e. The highest BCUT2D eigenvalue weighted by molar-refractivity contribution is 6.51. The zero-order valence-corrected chi connectivity index (χ0v) is 24.5. The highest BCUT2D eigenvalue weighted by Crippen LogP contribution is 2.43. The number of hydrogen-bond donors (Lipinski definition) is 1. The number of ketones is 1. The van der Waals surface area contributed by atoms with Crippen LogP contribution in [0.25, 0.3) is 5.76 Å². The van der Waals surface area contributed by atoms with Gasteiger partial charge in [-0.15, -0.1) is 0 Å². The van der Waals surface area contributed by atoms with Crippen molar-refractivity contribution in [2.75, 3.05) is 31.0 Å². The number of ether oxygens (including phenoxy) is 2. The number of nitrogens with zero attached hydrogens (tertiary/aromatic N) is 2. The van der Waals surface area contributed by atoms with Gasteiger partial charge >= 0.3 is 0 Å². The van der Waals surface area contributed by atoms with E-state index in [1.54, 1.807) is 43.5 Å². The molecule has 0 aromatic heterocycles. The molecule has 0 radical (unpaired) electrons. The Morgan fingerprint density at radius 2 is 1.57 bits per heavy atom. The van der Waals surface area contributed by atoms with Gasteiger partial charge in [-0.1, -0.05) is 32.9 Å². The van der Waals surface area contributed by atoms with E-state index in [9.17, 15) is 14.7 Å². The number of Topliss-reactive ketones (excluding diaryl/α,β-unsaturated/α-hetero) is 1. The summed E-state index contributed by atoms with van der Waals surface area (Å²) in [4.78, 5) is 30.6. The molecule has 0 bridgehead atoms. The molecule has 1 aliphatic heterocycles. The Balaban J connectivity index is 1.91. The van der Waals surface area contributed by atoms with E-state index in [0.717, 1.165) is 11.3 Å². The van der Waals surface area contributed by atoms with Gasteiger partial charge in [-0.05, 0) is 79.4 Å². The molecule has 0 aliphatic carbocycles. The molecule has 3 aromatic rings. The number of methoxy groups -OCH3 is 1. The highest BCUT2D eigenvalue weighted by atomic mass is 16.5. The van der Waals surface area contributed by atoms with Crippen LogP contribution in [0, 0.1) is 0 Å². The minimum absolute atomic E-state index is 0.00206. The van der Waals surface area contributed by atoms with Crippen molar-refractivity contribution < 1.29 is 24.2 Å². The molecule has 0 saturated carbocycles. The summed E-state index contributed by atoms with van der Waals surface area (Å²) in [5.41, 5.74) is 3.29. The number of hydrogen-bond acceptors (Lipinski definition) is 6. The molecule has 1 N–H and O–H groups in total. The minimum Gasteiger partial charge on any atom is -0.507 e. The number of amides is 1. The van der Waals surface area contributed by atoms with Gasteiger partial charge in [0, 0.05) is 36.6 Å². The first-order valence-corrected chi connectivity index (χ1v) is 13.4. The summed E-state index contributed by atoms with van der Waals surface area (Å²) in [6.07, 6.45) is -0.00206. The average Bonchev–Trinajstić information content (AvgIpc) is 3.17. The monoisotopic (exact) mass is 542 g/mol. The summed E-state index contributed by atoms with van der Waals surface area (Å²) >= 11 is 0. The highest BCUT2D eigenvalue weighted by Gasteiger charge is 2.47. The predicted octanol–water partition coefficient (Wildman–Crippen LogP) is 6.47. The fraction of sp³-hybridized carbons (Fsp3) is 0.333. The van der Waals surface area contributed by atoms with Crippen LogP contribution >= 0.6 is 0 Å². The van der Waals surface area contributed by atoms with E-state index in [4.69, 9.17) is 9.47 Å². The second kappa shape index (κ2) is 11.1. The molecular formula is C33H38N2O5. The summed E-state index contributed by atoms with van der Waals surface area (Å²) in [6.45, 7) is 10.0. The lowest BCUT2D eigenvalue weighted by Crippen LogP contribution is -2.29. The predicted molar refractivity (Wildman–Crippen MR) is 159 cm³/mol. The minimum atomic E-state index is -0.826. The van der Waals surface area contributed by atoms with Gasteiger partial charge in [0.05, 0.1) is 24.8 Å². The summed E-state index contributed by atoms with van der Waals surface area (Å²) in [6, 6.07) is 19.2. The van der Waals surface area contributed by atoms with Crippen molar-refractivity contribution in [3.8, 4) is 11.5 Å². The Labute approximate surface area is 236 Å². The van der Waals surface area contributed by atoms with Gasteiger partial charge in [-0.2, -0.15) is 0 Å². The van der Waals surface area contributed by atoms with Crippen LogP contribution in [-0.4, -0.2) is 44.1 Å². The lowest BCUT2D eigenvalue weighted by atomic mass is 9.84. The van der Waals surface area contributed by atoms with Crippen LogP contribution in [0.2, 0.25) is 0 Å². The third kappa shape index (κ3) is 5.55. The van der Waals surface area contributed by atoms with Crippen molar-refractivity contribution in [1.82, 2.24) is 0 Å². The second-order valence-electron chi connectivity index (χ2n) is 11.5. The van der Waals surface area contributed by atoms with Crippen molar-refractivity contribution in [2.45, 2.75) is 52.2 Å². The molecule has 1 aliphatic rings. The van der Waals surface area contributed by atoms with E-state index >= 15 is 0 Å². The quantitative estimate of drug-likeness (QED) is 0.209. The van der Waals surface area contributed by atoms with Crippen LogP contribution < -0.4 is 19.3 Å². The number of carbonyl (C=O) groups excluding carboxylic acids is 2. The van der Waals surface area contributed by atoms with Crippen LogP contribution in [0.15, 0.2) is 72.3 Å². The number of benzene rings is 3. The number of anilines is 2. The maximum absolute atomic E-state index is 13.6. The molecule has 210 valence electrons. The molecule has 1 heterocycles. The molecule has 1 atom stereocenters. The molecule has 1 unspecified atom stereocenters. The van der Waals surface area contributed by atoms with Gasteiger partial charge in [-0.25, -0.2) is 0 Å². The maximum atomic E-state index is 13.6. The van der Waals surface area contributed by atoms with Crippen LogP contribution in [-0.2, 0) is 15.0 Å². The molecular weight excluding hydrogens is 504 g/mol. The zero-order valence-electron chi connectivity index (χ0n) is 24.5. The molecule has 0 spiro atoms. The standard InChI is InChI=1S/C33H38N2O5/c1-20(2)40-25-16-14-24(15-17-25)35-29(21-9-12-23(13-10-21)34(6)7)28(31(37)32(35)38)30(36)22-11-18-27(39-8)26(19-22)33(3,4)5/h9-20,29,36H,1-8H3/b30-28-. The fourth-order valence-electron chi connectivity index (χ4n) is 4.92. The molecule has 1 amide bonds. The van der Waals surface area contributed by atoms with E-state index in [1.165, 1.54) is 4.90 Å². The molecule has 4 rings (SSSR count). The molecule has 40 heavy (non-hydrogen) atoms. The Kier molecular flexibility index (Phi) is 7.96. The topological polar surface area (TPSA) is 79.3 Å². The van der Waals surface area contributed by atoms with Crippen LogP contribution in [0.1, 0.15) is 57.4 Å². The normalized spacial score (nSPS) is 16.9. The fourth-order valence-corrected chi connectivity index (χ4v) is 4.92. The first-order chi connectivity index (χ1) is 18.8. The number of aliphatic hydroxyl groups is 1. The molecule has 3 aromatic carbocycles. The smallest absolute Gasteiger partial charge is 0.300 e. The van der Waals surface area contributed by atoms with Crippen LogP contribution in [0.5, 0.6) is 11.5 Å². The Hall–Kier alpha value is -4.26. The summed E-state index contributed by atoms with van der Waals surface area (Å²) in [5, 5.41) is 11.7. The summed E-state index contributed by atoms with van der Waals surface area (Å²) < 4.78 is 11.3. The van der Waals surface area contributed by atoms with Gasteiger partial charge in [-0.3, -0.25) is 14.5 Å². The van der Waals surface area contributed by atoms with Crippen molar-refractivity contribution in [2.24, 2.45) is 0 Å². The van der Waals surface area contributed by atoms with Crippen LogP contribution in [0.3, 0.4) is 0 Å². The lowest BCUT2D eigenvalue weighted by Gasteiger charge is -2.26. The van der Waals surface area contributed by atoms with Crippen LogP contribution in [0.4, 0.5) is 11.4 Å². The first kappa shape index (κ1) is 28.7. The van der Waals surface area contributed by atoms with Crippen molar-refractivity contribution in [1.29, 1.82) is 0 Å². The maximum Gasteiger partial charge on any atom is 0.300 e. The second-order valence-corrected chi connectivity index (χ2v) is 11.5. The molecule has 1 fully saturated rings. The van der Waals surface area contributed by atoms with E-state index in [0.29, 0.717) is 28.3 Å². The van der Waals surface area contributed by atoms with Crippen molar-refractivity contribution in [3.63, 3.8) is 0 Å². The van der Waals surface area contributed by atoms with E-state index in [-0.39, 0.29) is 22.9 Å². The van der Waals surface area contributed by atoms with Crippen molar-refractivity contribution >= 4 is 28.8 Å².